The highest BCUT2D eigenvalue weighted by atomic mass is 16.6. The van der Waals surface area contributed by atoms with Gasteiger partial charge < -0.3 is 5.32 Å². The number of nitrogens with zero attached hydrogens (tertiary/aromatic N) is 1. The molecule has 0 aliphatic heterocycles. The summed E-state index contributed by atoms with van der Waals surface area (Å²) in [5, 5.41) is 14.2. The van der Waals surface area contributed by atoms with Crippen molar-refractivity contribution in [1.82, 2.24) is 5.32 Å². The Labute approximate surface area is 114 Å². The van der Waals surface area contributed by atoms with E-state index in [1.807, 2.05) is 12.1 Å². The number of hydrogen-bond acceptors (Lipinski definition) is 3. The minimum atomic E-state index is -0.342. The van der Waals surface area contributed by atoms with Gasteiger partial charge in [-0.25, -0.2) is 0 Å². The second-order valence-electron chi connectivity index (χ2n) is 5.38. The standard InChI is InChI=1S/C15H22N2O2/c1-2-10-16-15-5-3-4-13(15)11-12-6-8-14(9-7-12)17(18)19/h6-9,13,15-16H,2-5,10-11H2,1H3. The first-order valence-corrected chi connectivity index (χ1v) is 7.17. The smallest absolute Gasteiger partial charge is 0.269 e. The first-order chi connectivity index (χ1) is 9.20. The maximum absolute atomic E-state index is 10.6. The first kappa shape index (κ1) is 14.0. The molecule has 0 aromatic heterocycles. The van der Waals surface area contributed by atoms with E-state index in [1.54, 1.807) is 12.1 Å². The average Bonchev–Trinajstić information content (AvgIpc) is 2.84. The Morgan fingerprint density at radius 1 is 1.32 bits per heavy atom. The lowest BCUT2D eigenvalue weighted by Crippen LogP contribution is -2.33. The number of hydrogen-bond donors (Lipinski definition) is 1. The van der Waals surface area contributed by atoms with E-state index in [0.717, 1.165) is 13.0 Å². The molecule has 1 fully saturated rings. The van der Waals surface area contributed by atoms with E-state index < -0.39 is 0 Å². The molecule has 0 radical (unpaired) electrons. The van der Waals surface area contributed by atoms with Crippen LogP contribution in [0, 0.1) is 16.0 Å². The van der Waals surface area contributed by atoms with Crippen LogP contribution in [0.2, 0.25) is 0 Å². The lowest BCUT2D eigenvalue weighted by atomic mass is 9.94. The summed E-state index contributed by atoms with van der Waals surface area (Å²) in [7, 11) is 0. The Morgan fingerprint density at radius 2 is 2.05 bits per heavy atom. The average molecular weight is 262 g/mol. The lowest BCUT2D eigenvalue weighted by molar-refractivity contribution is -0.384. The van der Waals surface area contributed by atoms with Gasteiger partial charge in [0.2, 0.25) is 0 Å². The quantitative estimate of drug-likeness (QED) is 0.632. The molecule has 0 bridgehead atoms. The number of rotatable bonds is 6. The summed E-state index contributed by atoms with van der Waals surface area (Å²) < 4.78 is 0. The molecule has 4 heteroatoms. The fraction of sp³-hybridized carbons (Fsp3) is 0.600. The van der Waals surface area contributed by atoms with Gasteiger partial charge in [-0.1, -0.05) is 25.5 Å². The summed E-state index contributed by atoms with van der Waals surface area (Å²) in [5.41, 5.74) is 1.39. The molecule has 4 nitrogen and oxygen atoms in total. The van der Waals surface area contributed by atoms with Gasteiger partial charge >= 0.3 is 0 Å². The van der Waals surface area contributed by atoms with Crippen LogP contribution in [0.25, 0.3) is 0 Å². The molecule has 2 unspecified atom stereocenters. The van der Waals surface area contributed by atoms with Gasteiger partial charge in [-0.2, -0.15) is 0 Å². The van der Waals surface area contributed by atoms with Gasteiger partial charge in [-0.15, -0.1) is 0 Å². The summed E-state index contributed by atoms with van der Waals surface area (Å²) in [6, 6.07) is 7.63. The van der Waals surface area contributed by atoms with Gasteiger partial charge in [-0.05, 0) is 43.7 Å². The third-order valence-electron chi connectivity index (χ3n) is 3.96. The Balaban J connectivity index is 1.94. The van der Waals surface area contributed by atoms with Gasteiger partial charge in [0.05, 0.1) is 4.92 Å². The summed E-state index contributed by atoms with van der Waals surface area (Å²) in [6.45, 7) is 3.27. The van der Waals surface area contributed by atoms with Gasteiger partial charge in [-0.3, -0.25) is 10.1 Å². The molecule has 1 aliphatic carbocycles. The van der Waals surface area contributed by atoms with E-state index in [9.17, 15) is 10.1 Å². The maximum Gasteiger partial charge on any atom is 0.269 e. The van der Waals surface area contributed by atoms with E-state index in [2.05, 4.69) is 12.2 Å². The molecule has 1 aromatic rings. The topological polar surface area (TPSA) is 55.2 Å². The van der Waals surface area contributed by atoms with Crippen molar-refractivity contribution >= 4 is 5.69 Å². The highest BCUT2D eigenvalue weighted by Gasteiger charge is 2.26. The summed E-state index contributed by atoms with van der Waals surface area (Å²) in [4.78, 5) is 10.3. The van der Waals surface area contributed by atoms with Crippen molar-refractivity contribution in [2.75, 3.05) is 6.54 Å². The van der Waals surface area contributed by atoms with Gasteiger partial charge in [0.25, 0.3) is 5.69 Å². The zero-order valence-electron chi connectivity index (χ0n) is 11.5. The normalized spacial score (nSPS) is 22.6. The van der Waals surface area contributed by atoms with Crippen LogP contribution in [0.4, 0.5) is 5.69 Å². The summed E-state index contributed by atoms with van der Waals surface area (Å²) in [5.74, 6) is 0.674. The summed E-state index contributed by atoms with van der Waals surface area (Å²) >= 11 is 0. The number of non-ortho nitro benzene ring substituents is 1. The van der Waals surface area contributed by atoms with Gasteiger partial charge in [0, 0.05) is 18.2 Å². The fourth-order valence-corrected chi connectivity index (χ4v) is 2.94. The Kier molecular flexibility index (Phi) is 4.91. The van der Waals surface area contributed by atoms with Crippen molar-refractivity contribution < 1.29 is 4.92 Å². The molecule has 1 aliphatic rings. The van der Waals surface area contributed by atoms with E-state index in [4.69, 9.17) is 0 Å². The molecule has 19 heavy (non-hydrogen) atoms. The number of benzene rings is 1. The second kappa shape index (κ2) is 6.66. The van der Waals surface area contributed by atoms with Crippen molar-refractivity contribution in [2.24, 2.45) is 5.92 Å². The van der Waals surface area contributed by atoms with E-state index in [1.165, 1.54) is 31.2 Å². The minimum absolute atomic E-state index is 0.177. The van der Waals surface area contributed by atoms with Crippen molar-refractivity contribution in [3.8, 4) is 0 Å². The number of nitro groups is 1. The largest absolute Gasteiger partial charge is 0.314 e. The predicted octanol–water partition coefficient (Wildman–Crippen LogP) is 3.31. The second-order valence-corrected chi connectivity index (χ2v) is 5.38. The predicted molar refractivity (Wildman–Crippen MR) is 76.2 cm³/mol. The van der Waals surface area contributed by atoms with E-state index in [-0.39, 0.29) is 10.6 Å². The molecule has 1 N–H and O–H groups in total. The van der Waals surface area contributed by atoms with Crippen LogP contribution < -0.4 is 5.32 Å². The van der Waals surface area contributed by atoms with Crippen LogP contribution >= 0.6 is 0 Å². The summed E-state index contributed by atoms with van der Waals surface area (Å²) in [6.07, 6.45) is 6.01. The van der Waals surface area contributed by atoms with Crippen LogP contribution in [0.3, 0.4) is 0 Å². The molecular formula is C15H22N2O2. The first-order valence-electron chi connectivity index (χ1n) is 7.17. The SMILES string of the molecule is CCCNC1CCCC1Cc1ccc([N+](=O)[O-])cc1. The van der Waals surface area contributed by atoms with Crippen molar-refractivity contribution in [1.29, 1.82) is 0 Å². The third-order valence-corrected chi connectivity index (χ3v) is 3.96. The van der Waals surface area contributed by atoms with Crippen LogP contribution in [0.1, 0.15) is 38.2 Å². The monoisotopic (exact) mass is 262 g/mol. The molecule has 0 heterocycles. The van der Waals surface area contributed by atoms with E-state index in [0.29, 0.717) is 12.0 Å². The zero-order chi connectivity index (χ0) is 13.7. The minimum Gasteiger partial charge on any atom is -0.314 e. The van der Waals surface area contributed by atoms with Crippen LogP contribution in [-0.2, 0) is 6.42 Å². The molecule has 0 spiro atoms. The maximum atomic E-state index is 10.6. The van der Waals surface area contributed by atoms with Gasteiger partial charge in [0.1, 0.15) is 0 Å². The molecule has 0 amide bonds. The molecule has 0 saturated heterocycles. The zero-order valence-corrected chi connectivity index (χ0v) is 11.5. The highest BCUT2D eigenvalue weighted by Crippen LogP contribution is 2.29. The van der Waals surface area contributed by atoms with Crippen molar-refractivity contribution in [3.05, 3.63) is 39.9 Å². The Morgan fingerprint density at radius 3 is 2.68 bits per heavy atom. The molecular weight excluding hydrogens is 240 g/mol. The van der Waals surface area contributed by atoms with Crippen LogP contribution in [0.5, 0.6) is 0 Å². The fourth-order valence-electron chi connectivity index (χ4n) is 2.94. The van der Waals surface area contributed by atoms with E-state index >= 15 is 0 Å². The molecule has 2 atom stereocenters. The molecule has 1 aromatic carbocycles. The van der Waals surface area contributed by atoms with Crippen LogP contribution in [0.15, 0.2) is 24.3 Å². The number of nitrogens with one attached hydrogen (secondary N) is 1. The van der Waals surface area contributed by atoms with Crippen molar-refractivity contribution in [3.63, 3.8) is 0 Å². The van der Waals surface area contributed by atoms with Gasteiger partial charge in [0.15, 0.2) is 0 Å². The Bertz CT molecular complexity index is 417. The Hall–Kier alpha value is -1.42. The molecule has 2 rings (SSSR count). The molecule has 104 valence electrons. The molecule has 1 saturated carbocycles. The van der Waals surface area contributed by atoms with Crippen molar-refractivity contribution in [2.45, 2.75) is 45.1 Å². The number of nitro benzene ring substituents is 1. The lowest BCUT2D eigenvalue weighted by Gasteiger charge is -2.20. The third kappa shape index (κ3) is 3.77. The van der Waals surface area contributed by atoms with Crippen LogP contribution in [-0.4, -0.2) is 17.5 Å². The highest BCUT2D eigenvalue weighted by molar-refractivity contribution is 5.33.